The number of allylic oxidation sites excluding steroid dienone is 1. The van der Waals surface area contributed by atoms with Crippen LogP contribution in [0, 0.1) is 18.7 Å². The molecule has 4 N–H and O–H groups in total. The van der Waals surface area contributed by atoms with Crippen molar-refractivity contribution in [2.45, 2.75) is 32.3 Å². The van der Waals surface area contributed by atoms with E-state index in [2.05, 4.69) is 15.3 Å². The maximum Gasteiger partial charge on any atom is 0.253 e. The molecule has 3 aliphatic rings. The number of pyridine rings is 2. The third kappa shape index (κ3) is 8.65. The molecule has 5 heterocycles. The fourth-order valence-electron chi connectivity index (χ4n) is 6.75. The topological polar surface area (TPSA) is 150 Å². The van der Waals surface area contributed by atoms with Crippen LogP contribution in [0.25, 0.3) is 27.8 Å². The number of amides is 1. The van der Waals surface area contributed by atoms with E-state index in [0.717, 1.165) is 24.0 Å². The quantitative estimate of drug-likeness (QED) is 0.169. The van der Waals surface area contributed by atoms with E-state index in [-0.39, 0.29) is 40.9 Å². The monoisotopic (exact) mass is 737 g/mol. The number of rotatable bonds is 11. The summed E-state index contributed by atoms with van der Waals surface area (Å²) in [7, 11) is 1.56. The summed E-state index contributed by atoms with van der Waals surface area (Å²) >= 11 is 0. The number of H-pyrrole nitrogens is 1. The molecular weight excluding hydrogens is 693 g/mol. The summed E-state index contributed by atoms with van der Waals surface area (Å²) < 4.78 is 44.1. The predicted molar refractivity (Wildman–Crippen MR) is 203 cm³/mol. The van der Waals surface area contributed by atoms with Crippen LogP contribution >= 0.6 is 0 Å². The molecule has 1 atom stereocenters. The fraction of sp³-hybridized carbons (Fsp3) is 0.341. The van der Waals surface area contributed by atoms with Crippen molar-refractivity contribution < 1.29 is 32.9 Å². The normalized spacial score (nSPS) is 17.8. The van der Waals surface area contributed by atoms with Crippen LogP contribution in [0.3, 0.4) is 0 Å². The van der Waals surface area contributed by atoms with Crippen LogP contribution in [0.15, 0.2) is 83.7 Å². The highest BCUT2D eigenvalue weighted by molar-refractivity contribution is 6.05. The van der Waals surface area contributed by atoms with E-state index in [1.54, 1.807) is 56.8 Å². The summed E-state index contributed by atoms with van der Waals surface area (Å²) in [5.41, 5.74) is 11.1. The van der Waals surface area contributed by atoms with Crippen LogP contribution in [0.2, 0.25) is 0 Å². The van der Waals surface area contributed by atoms with Crippen LogP contribution in [-0.4, -0.2) is 80.2 Å². The second-order valence-corrected chi connectivity index (χ2v) is 13.7. The lowest BCUT2D eigenvalue weighted by atomic mass is 9.96. The number of aromatic nitrogens is 2. The summed E-state index contributed by atoms with van der Waals surface area (Å²) in [6, 6.07) is 13.3. The van der Waals surface area contributed by atoms with Gasteiger partial charge in [0.25, 0.3) is 5.91 Å². The highest BCUT2D eigenvalue weighted by atomic mass is 19.1. The van der Waals surface area contributed by atoms with E-state index in [9.17, 15) is 9.59 Å². The zero-order valence-corrected chi connectivity index (χ0v) is 30.4. The predicted octanol–water partition coefficient (Wildman–Crippen LogP) is 5.93. The Morgan fingerprint density at radius 3 is 2.63 bits per heavy atom. The molecule has 13 heteroatoms. The van der Waals surface area contributed by atoms with Crippen molar-refractivity contribution in [3.05, 3.63) is 106 Å². The van der Waals surface area contributed by atoms with Gasteiger partial charge < -0.3 is 44.6 Å². The van der Waals surface area contributed by atoms with Gasteiger partial charge in [0.1, 0.15) is 24.3 Å². The third-order valence-electron chi connectivity index (χ3n) is 9.82. The number of nitrogen functional groups attached to an aromatic ring is 1. The first kappa shape index (κ1) is 36.8. The van der Waals surface area contributed by atoms with Crippen molar-refractivity contribution >= 4 is 23.0 Å². The van der Waals surface area contributed by atoms with Gasteiger partial charge in [0.15, 0.2) is 16.9 Å². The third-order valence-corrected chi connectivity index (χ3v) is 9.82. The van der Waals surface area contributed by atoms with Gasteiger partial charge in [0.2, 0.25) is 0 Å². The van der Waals surface area contributed by atoms with Gasteiger partial charge in [-0.2, -0.15) is 0 Å². The number of nitrogens with one attached hydrogen (secondary N) is 2. The number of hydrogen-bond acceptors (Lipinski definition) is 10. The molecule has 2 aromatic carbocycles. The molecule has 2 fully saturated rings. The van der Waals surface area contributed by atoms with Gasteiger partial charge in [-0.1, -0.05) is 6.07 Å². The van der Waals surface area contributed by atoms with Crippen molar-refractivity contribution in [2.24, 2.45) is 5.92 Å². The second kappa shape index (κ2) is 16.7. The Morgan fingerprint density at radius 2 is 1.87 bits per heavy atom. The molecular formula is C41H44FN5O7. The Morgan fingerprint density at radius 1 is 1.02 bits per heavy atom. The molecule has 4 aromatic rings. The standard InChI is InChI=1S/C41H44FN5O7/c1-25-18-44-36(17-37(25)48)29-13-30(22-47(21-29)20-26-7-9-51-10-8-26)41(49)46-31-4-5-33(35(42)16-31)34-14-28(19-45-40(34)43)27-3-6-38(39(15-27)50-2)54-24-32-23-52-11-12-53-32/h3-6,14-19,21-22,26,32H,7-13,20,23-24H2,1-2H3,(H2,43,45)(H,44,48)(H,46,49)/t32-/m1/s1. The molecule has 0 spiro atoms. The Balaban J connectivity index is 1.08. The zero-order chi connectivity index (χ0) is 37.6. The summed E-state index contributed by atoms with van der Waals surface area (Å²) in [6.07, 6.45) is 9.08. The average Bonchev–Trinajstić information content (AvgIpc) is 3.19. The first-order valence-corrected chi connectivity index (χ1v) is 18.1. The molecule has 12 nitrogen and oxygen atoms in total. The molecule has 2 aromatic heterocycles. The van der Waals surface area contributed by atoms with Crippen LogP contribution < -0.4 is 26.0 Å². The summed E-state index contributed by atoms with van der Waals surface area (Å²) in [6.45, 7) is 5.75. The number of carbonyl (C=O) groups excluding carboxylic acids is 1. The van der Waals surface area contributed by atoms with Crippen LogP contribution in [-0.2, 0) is 19.0 Å². The molecule has 0 bridgehead atoms. The second-order valence-electron chi connectivity index (χ2n) is 13.7. The molecule has 0 unspecified atom stereocenters. The Labute approximate surface area is 312 Å². The van der Waals surface area contributed by atoms with Gasteiger partial charge in [-0.05, 0) is 73.2 Å². The SMILES string of the molecule is COc1cc(-c2cnc(N)c(-c3ccc(NC(=O)C4=CN(CC5CCOCC5)C=C(c5cc(=O)c(C)c[nH]5)C4)cc3F)c2)ccc1OC[C@H]1COCCO1. The van der Waals surface area contributed by atoms with Gasteiger partial charge in [0, 0.05) is 96.2 Å². The first-order valence-electron chi connectivity index (χ1n) is 18.1. The van der Waals surface area contributed by atoms with Gasteiger partial charge in [-0.25, -0.2) is 9.37 Å². The van der Waals surface area contributed by atoms with E-state index < -0.39 is 5.82 Å². The smallest absolute Gasteiger partial charge is 0.253 e. The van der Waals surface area contributed by atoms with Crippen molar-refractivity contribution in [1.82, 2.24) is 14.9 Å². The number of nitrogens with zero attached hydrogens (tertiary/aromatic N) is 2. The molecule has 3 aliphatic heterocycles. The highest BCUT2D eigenvalue weighted by Crippen LogP contribution is 2.37. The Kier molecular flexibility index (Phi) is 11.4. The number of nitrogens with two attached hydrogens (primary N) is 1. The molecule has 2 saturated heterocycles. The average molecular weight is 738 g/mol. The lowest BCUT2D eigenvalue weighted by Gasteiger charge is -2.30. The molecule has 0 aliphatic carbocycles. The number of ether oxygens (including phenoxy) is 5. The largest absolute Gasteiger partial charge is 0.493 e. The molecule has 7 rings (SSSR count). The van der Waals surface area contributed by atoms with Gasteiger partial charge in [0.05, 0.1) is 26.9 Å². The molecule has 282 valence electrons. The summed E-state index contributed by atoms with van der Waals surface area (Å²) in [5, 5.41) is 2.87. The Bertz CT molecular complexity index is 2120. The number of hydrogen-bond donors (Lipinski definition) is 3. The van der Waals surface area contributed by atoms with Crippen LogP contribution in [0.4, 0.5) is 15.9 Å². The summed E-state index contributed by atoms with van der Waals surface area (Å²) in [4.78, 5) is 35.8. The minimum atomic E-state index is -0.578. The molecule has 1 amide bonds. The maximum atomic E-state index is 15.9. The van der Waals surface area contributed by atoms with Crippen LogP contribution in [0.1, 0.15) is 30.5 Å². The number of aryl methyl sites for hydroxylation is 1. The van der Waals surface area contributed by atoms with Crippen molar-refractivity contribution in [1.29, 1.82) is 0 Å². The number of halogens is 1. The first-order chi connectivity index (χ1) is 26.2. The van der Waals surface area contributed by atoms with Crippen molar-refractivity contribution in [3.63, 3.8) is 0 Å². The van der Waals surface area contributed by atoms with Gasteiger partial charge in [-0.15, -0.1) is 0 Å². The number of carbonyl (C=O) groups is 1. The van der Waals surface area contributed by atoms with E-state index in [4.69, 9.17) is 29.4 Å². The lowest BCUT2D eigenvalue weighted by Crippen LogP contribution is -2.33. The van der Waals surface area contributed by atoms with E-state index in [1.165, 1.54) is 6.07 Å². The molecule has 54 heavy (non-hydrogen) atoms. The van der Waals surface area contributed by atoms with Crippen molar-refractivity contribution in [2.75, 3.05) is 64.3 Å². The number of methoxy groups -OCH3 is 1. The minimum absolute atomic E-state index is 0.0856. The minimum Gasteiger partial charge on any atom is -0.493 e. The zero-order valence-electron chi connectivity index (χ0n) is 30.4. The van der Waals surface area contributed by atoms with Gasteiger partial charge in [-0.3, -0.25) is 9.59 Å². The lowest BCUT2D eigenvalue weighted by molar-refractivity contribution is -0.113. The number of benzene rings is 2. The number of anilines is 2. The Hall–Kier alpha value is -5.50. The van der Waals surface area contributed by atoms with E-state index in [1.807, 2.05) is 29.4 Å². The maximum absolute atomic E-state index is 15.9. The molecule has 0 saturated carbocycles. The van der Waals surface area contributed by atoms with Crippen molar-refractivity contribution in [3.8, 4) is 33.8 Å². The van der Waals surface area contributed by atoms with E-state index in [0.29, 0.717) is 91.6 Å². The number of aromatic amines is 1. The molecule has 0 radical (unpaired) electrons. The fourth-order valence-corrected chi connectivity index (χ4v) is 6.75. The van der Waals surface area contributed by atoms with Gasteiger partial charge >= 0.3 is 0 Å². The van der Waals surface area contributed by atoms with E-state index >= 15 is 4.39 Å². The highest BCUT2D eigenvalue weighted by Gasteiger charge is 2.24. The van der Waals surface area contributed by atoms with Crippen LogP contribution in [0.5, 0.6) is 11.5 Å². The summed E-state index contributed by atoms with van der Waals surface area (Å²) in [5.74, 6) is 0.668.